The van der Waals surface area contributed by atoms with E-state index >= 15 is 0 Å². The predicted octanol–water partition coefficient (Wildman–Crippen LogP) is 2.79. The Hall–Kier alpha value is -2.27. The second-order valence-corrected chi connectivity index (χ2v) is 8.42. The minimum atomic E-state index is -0.390. The van der Waals surface area contributed by atoms with Crippen LogP contribution in [0.4, 0.5) is 0 Å². The third kappa shape index (κ3) is 4.58. The number of nitrogens with zero attached hydrogens (tertiary/aromatic N) is 3. The molecule has 0 aromatic carbocycles. The molecule has 2 unspecified atom stereocenters. The van der Waals surface area contributed by atoms with Crippen molar-refractivity contribution in [2.24, 2.45) is 5.92 Å². The van der Waals surface area contributed by atoms with Crippen LogP contribution in [0, 0.1) is 12.8 Å². The maximum atomic E-state index is 12.3. The third-order valence-corrected chi connectivity index (χ3v) is 6.19. The minimum Gasteiger partial charge on any atom is -0.463 e. The van der Waals surface area contributed by atoms with E-state index in [2.05, 4.69) is 20.7 Å². The van der Waals surface area contributed by atoms with E-state index in [4.69, 9.17) is 13.7 Å². The Morgan fingerprint density at radius 3 is 2.82 bits per heavy atom. The summed E-state index contributed by atoms with van der Waals surface area (Å²) in [4.78, 5) is 24.6. The first-order chi connectivity index (χ1) is 13.4. The van der Waals surface area contributed by atoms with E-state index in [-0.39, 0.29) is 46.5 Å². The van der Waals surface area contributed by atoms with Crippen LogP contribution < -0.4 is 5.32 Å². The van der Waals surface area contributed by atoms with Gasteiger partial charge >= 0.3 is 5.97 Å². The molecule has 1 aliphatic heterocycles. The molecule has 0 fully saturated rings. The number of carbonyl (C=O) groups excluding carboxylic acids is 2. The first-order valence-electron chi connectivity index (χ1n) is 8.66. The van der Waals surface area contributed by atoms with E-state index in [9.17, 15) is 9.59 Å². The van der Waals surface area contributed by atoms with Crippen LogP contribution in [0.15, 0.2) is 30.8 Å². The lowest BCUT2D eigenvalue weighted by Crippen LogP contribution is -2.25. The van der Waals surface area contributed by atoms with Crippen molar-refractivity contribution in [1.82, 2.24) is 20.7 Å². The van der Waals surface area contributed by atoms with Gasteiger partial charge in [-0.3, -0.25) is 4.79 Å². The number of ether oxygens (including phenoxy) is 1. The van der Waals surface area contributed by atoms with Crippen molar-refractivity contribution >= 4 is 35.4 Å². The first-order valence-corrected chi connectivity index (χ1v) is 10.5. The molecule has 0 radical (unpaired) electrons. The van der Waals surface area contributed by atoms with Crippen LogP contribution in [0.1, 0.15) is 26.5 Å². The number of hydrogen-bond acceptors (Lipinski definition) is 10. The summed E-state index contributed by atoms with van der Waals surface area (Å²) in [6.45, 7) is 7.75. The average molecular weight is 425 g/mol. The molecule has 1 aliphatic rings. The minimum absolute atomic E-state index is 0.00332. The molecule has 2 aromatic rings. The molecule has 0 spiro atoms. The van der Waals surface area contributed by atoms with Crippen molar-refractivity contribution < 1.29 is 23.3 Å². The van der Waals surface area contributed by atoms with E-state index in [1.165, 1.54) is 11.8 Å². The molecule has 0 saturated carbocycles. The lowest BCUT2D eigenvalue weighted by molar-refractivity contribution is -0.139. The van der Waals surface area contributed by atoms with Crippen LogP contribution in [0.25, 0.3) is 11.6 Å². The normalized spacial score (nSPS) is 19.1. The van der Waals surface area contributed by atoms with Crippen LogP contribution in [0.2, 0.25) is 0 Å². The fourth-order valence-electron chi connectivity index (χ4n) is 2.51. The average Bonchev–Trinajstić information content (AvgIpc) is 3.34. The Kier molecular flexibility index (Phi) is 6.45. The zero-order valence-electron chi connectivity index (χ0n) is 15.8. The van der Waals surface area contributed by atoms with Gasteiger partial charge in [0.1, 0.15) is 5.76 Å². The monoisotopic (exact) mass is 424 g/mol. The summed E-state index contributed by atoms with van der Waals surface area (Å²) in [5.74, 6) is 0.247. The number of nitrogens with one attached hydrogen (secondary N) is 1. The summed E-state index contributed by atoms with van der Waals surface area (Å²) in [5, 5.41) is 15.4. The molecule has 0 saturated heterocycles. The maximum Gasteiger partial charge on any atom is 0.336 e. The number of carbonyl (C=O) groups is 2. The van der Waals surface area contributed by atoms with Crippen molar-refractivity contribution in [2.75, 3.05) is 12.4 Å². The van der Waals surface area contributed by atoms with Gasteiger partial charge in [-0.1, -0.05) is 30.8 Å². The quantitative estimate of drug-likeness (QED) is 0.524. The van der Waals surface area contributed by atoms with E-state index < -0.39 is 0 Å². The molecule has 1 amide bonds. The molecule has 11 heteroatoms. The van der Waals surface area contributed by atoms with E-state index in [0.717, 1.165) is 11.8 Å². The lowest BCUT2D eigenvalue weighted by Gasteiger charge is -2.11. The van der Waals surface area contributed by atoms with Gasteiger partial charge in [-0.25, -0.2) is 4.79 Å². The summed E-state index contributed by atoms with van der Waals surface area (Å²) in [7, 11) is 0. The van der Waals surface area contributed by atoms with Crippen LogP contribution >= 0.6 is 23.5 Å². The van der Waals surface area contributed by atoms with E-state index in [1.54, 1.807) is 19.9 Å². The fourth-order valence-corrected chi connectivity index (χ4v) is 4.35. The SMILES string of the molecule is CCOC(=O)C1=C(NC(=O)CSc2nnc(-c3cc(C)on3)o2)SC(C)C1C. The highest BCUT2D eigenvalue weighted by Crippen LogP contribution is 2.41. The van der Waals surface area contributed by atoms with Gasteiger partial charge in [0.25, 0.3) is 11.1 Å². The highest BCUT2D eigenvalue weighted by molar-refractivity contribution is 8.04. The molecule has 2 aromatic heterocycles. The topological polar surface area (TPSA) is 120 Å². The molecule has 3 heterocycles. The van der Waals surface area contributed by atoms with Gasteiger partial charge in [0.05, 0.1) is 23.0 Å². The second kappa shape index (κ2) is 8.82. The molecular formula is C17H20N4O5S2. The molecule has 0 bridgehead atoms. The number of aryl methyl sites for hydroxylation is 1. The van der Waals surface area contributed by atoms with Crippen LogP contribution in [0.5, 0.6) is 0 Å². The molecule has 1 N–H and O–H groups in total. The third-order valence-electron chi connectivity index (χ3n) is 4.04. The lowest BCUT2D eigenvalue weighted by atomic mass is 9.99. The van der Waals surface area contributed by atoms with Gasteiger partial charge in [0, 0.05) is 17.2 Å². The summed E-state index contributed by atoms with van der Waals surface area (Å²) in [6, 6.07) is 1.68. The summed E-state index contributed by atoms with van der Waals surface area (Å²) < 4.78 is 15.6. The number of aromatic nitrogens is 3. The molecule has 0 aliphatic carbocycles. The van der Waals surface area contributed by atoms with Gasteiger partial charge in [-0.2, -0.15) is 0 Å². The van der Waals surface area contributed by atoms with Crippen LogP contribution in [-0.2, 0) is 14.3 Å². The van der Waals surface area contributed by atoms with Gasteiger partial charge < -0.3 is 19.0 Å². The molecule has 28 heavy (non-hydrogen) atoms. The maximum absolute atomic E-state index is 12.3. The Morgan fingerprint density at radius 2 is 2.14 bits per heavy atom. The molecule has 2 atom stereocenters. The first kappa shape index (κ1) is 20.5. The number of amides is 1. The summed E-state index contributed by atoms with van der Waals surface area (Å²) in [6.07, 6.45) is 0. The predicted molar refractivity (Wildman–Crippen MR) is 103 cm³/mol. The fraction of sp³-hybridized carbons (Fsp3) is 0.471. The second-order valence-electron chi connectivity index (χ2n) is 6.11. The van der Waals surface area contributed by atoms with Crippen molar-refractivity contribution in [2.45, 2.75) is 38.2 Å². The Balaban J connectivity index is 1.60. The van der Waals surface area contributed by atoms with E-state index in [1.807, 2.05) is 13.8 Å². The zero-order valence-corrected chi connectivity index (χ0v) is 17.5. The van der Waals surface area contributed by atoms with Gasteiger partial charge in [0.15, 0.2) is 5.69 Å². The number of thioether (sulfide) groups is 2. The molecule has 9 nitrogen and oxygen atoms in total. The highest BCUT2D eigenvalue weighted by atomic mass is 32.2. The number of esters is 1. The van der Waals surface area contributed by atoms with Crippen molar-refractivity contribution in [3.8, 4) is 11.6 Å². The number of rotatable bonds is 7. The summed E-state index contributed by atoms with van der Waals surface area (Å²) in [5.41, 5.74) is 0.954. The van der Waals surface area contributed by atoms with Gasteiger partial charge in [-0.15, -0.1) is 22.0 Å². The largest absolute Gasteiger partial charge is 0.463 e. The molecule has 3 rings (SSSR count). The molecule has 150 valence electrons. The van der Waals surface area contributed by atoms with Crippen LogP contribution in [0.3, 0.4) is 0 Å². The smallest absolute Gasteiger partial charge is 0.336 e. The summed E-state index contributed by atoms with van der Waals surface area (Å²) >= 11 is 2.55. The van der Waals surface area contributed by atoms with Crippen molar-refractivity contribution in [3.05, 3.63) is 22.4 Å². The van der Waals surface area contributed by atoms with Crippen molar-refractivity contribution in [1.29, 1.82) is 0 Å². The van der Waals surface area contributed by atoms with Gasteiger partial charge in [0.2, 0.25) is 5.91 Å². The number of hydrogen-bond donors (Lipinski definition) is 1. The van der Waals surface area contributed by atoms with E-state index in [0.29, 0.717) is 22.1 Å². The zero-order chi connectivity index (χ0) is 20.3. The Morgan fingerprint density at radius 1 is 1.36 bits per heavy atom. The molecular weight excluding hydrogens is 404 g/mol. The van der Waals surface area contributed by atoms with Crippen LogP contribution in [-0.4, -0.2) is 44.8 Å². The Labute approximate surface area is 170 Å². The Bertz CT molecular complexity index is 907. The highest BCUT2D eigenvalue weighted by Gasteiger charge is 2.35. The van der Waals surface area contributed by atoms with Gasteiger partial charge in [-0.05, 0) is 13.8 Å². The standard InChI is InChI=1S/C17H20N4O5S2/c1-5-24-16(23)13-9(3)10(4)28-15(13)18-12(22)7-27-17-20-19-14(25-17)11-6-8(2)26-21-11/h6,9-10H,5,7H2,1-4H3,(H,18,22). The van der Waals surface area contributed by atoms with Crippen molar-refractivity contribution in [3.63, 3.8) is 0 Å².